The topological polar surface area (TPSA) is 118 Å². The van der Waals surface area contributed by atoms with Gasteiger partial charge in [-0.05, 0) is 48.7 Å². The van der Waals surface area contributed by atoms with E-state index in [4.69, 9.17) is 15.2 Å². The minimum atomic E-state index is -1.40. The van der Waals surface area contributed by atoms with Crippen LogP contribution < -0.4 is 10.5 Å². The maximum absolute atomic E-state index is 14.8. The fourth-order valence-electron chi connectivity index (χ4n) is 4.40. The van der Waals surface area contributed by atoms with Gasteiger partial charge in [-0.15, -0.1) is 0 Å². The minimum Gasteiger partial charge on any atom is -0.493 e. The SMILES string of the molecule is CCOC(=O)C1C(=O)C(CN)=C2N=C(c3ccc(OCC(C)C)cc3)C(C#N)=C(Cc3ccccc3F)N21. The summed E-state index contributed by atoms with van der Waals surface area (Å²) in [5.74, 6) is -0.633. The summed E-state index contributed by atoms with van der Waals surface area (Å²) in [6.45, 7) is 6.16. The maximum Gasteiger partial charge on any atom is 0.337 e. The van der Waals surface area contributed by atoms with Gasteiger partial charge < -0.3 is 20.1 Å². The van der Waals surface area contributed by atoms with Crippen LogP contribution in [0.3, 0.4) is 0 Å². The monoisotopic (exact) mass is 516 g/mol. The molecule has 0 aliphatic carbocycles. The number of rotatable bonds is 9. The molecule has 4 rings (SSSR count). The zero-order valence-corrected chi connectivity index (χ0v) is 21.5. The summed E-state index contributed by atoms with van der Waals surface area (Å²) in [5.41, 5.74) is 7.65. The largest absolute Gasteiger partial charge is 0.493 e. The number of nitrogens with two attached hydrogens (primary N) is 1. The van der Waals surface area contributed by atoms with Crippen molar-refractivity contribution < 1.29 is 23.5 Å². The van der Waals surface area contributed by atoms with Crippen LogP contribution in [0.4, 0.5) is 4.39 Å². The van der Waals surface area contributed by atoms with Gasteiger partial charge in [0.1, 0.15) is 23.5 Å². The van der Waals surface area contributed by atoms with Crippen molar-refractivity contribution in [2.75, 3.05) is 19.8 Å². The molecule has 1 unspecified atom stereocenters. The average molecular weight is 517 g/mol. The van der Waals surface area contributed by atoms with Crippen molar-refractivity contribution in [3.63, 3.8) is 0 Å². The Labute approximate surface area is 220 Å². The van der Waals surface area contributed by atoms with Crippen molar-refractivity contribution in [1.29, 1.82) is 5.26 Å². The molecule has 0 saturated heterocycles. The second-order valence-electron chi connectivity index (χ2n) is 9.29. The molecule has 0 spiro atoms. The van der Waals surface area contributed by atoms with Gasteiger partial charge in [0.05, 0.1) is 30.1 Å². The molecule has 38 heavy (non-hydrogen) atoms. The van der Waals surface area contributed by atoms with Gasteiger partial charge in [0.15, 0.2) is 11.8 Å². The van der Waals surface area contributed by atoms with Crippen LogP contribution in [0.15, 0.2) is 76.2 Å². The molecule has 2 aromatic rings. The summed E-state index contributed by atoms with van der Waals surface area (Å²) in [6.07, 6.45) is -0.0608. The van der Waals surface area contributed by atoms with E-state index in [-0.39, 0.29) is 42.2 Å². The molecule has 9 heteroatoms. The van der Waals surface area contributed by atoms with E-state index < -0.39 is 23.6 Å². The smallest absolute Gasteiger partial charge is 0.337 e. The molecule has 2 N–H and O–H groups in total. The molecule has 0 amide bonds. The van der Waals surface area contributed by atoms with Crippen molar-refractivity contribution in [2.45, 2.75) is 33.2 Å². The highest BCUT2D eigenvalue weighted by Gasteiger charge is 2.48. The number of Topliss-reactive ketones (excluding diaryl/α,β-unsaturated/α-hetero) is 1. The molecule has 0 fully saturated rings. The lowest BCUT2D eigenvalue weighted by Crippen LogP contribution is -2.44. The lowest BCUT2D eigenvalue weighted by atomic mass is 9.95. The first-order valence-electron chi connectivity index (χ1n) is 12.4. The van der Waals surface area contributed by atoms with E-state index in [2.05, 4.69) is 11.1 Å². The van der Waals surface area contributed by atoms with Crippen molar-refractivity contribution in [2.24, 2.45) is 16.6 Å². The van der Waals surface area contributed by atoms with Gasteiger partial charge in [0.25, 0.3) is 0 Å². The average Bonchev–Trinajstić information content (AvgIpc) is 3.19. The molecule has 1 atom stereocenters. The van der Waals surface area contributed by atoms with Crippen LogP contribution in [-0.2, 0) is 20.7 Å². The third-order valence-corrected chi connectivity index (χ3v) is 6.19. The van der Waals surface area contributed by atoms with Crippen molar-refractivity contribution in [3.8, 4) is 11.8 Å². The van der Waals surface area contributed by atoms with E-state index in [1.54, 1.807) is 49.4 Å². The molecule has 0 radical (unpaired) electrons. The van der Waals surface area contributed by atoms with Gasteiger partial charge in [0.2, 0.25) is 0 Å². The number of benzene rings is 2. The van der Waals surface area contributed by atoms with Crippen LogP contribution in [0.5, 0.6) is 5.75 Å². The number of aliphatic imine (C=N–C) groups is 1. The Balaban J connectivity index is 1.88. The van der Waals surface area contributed by atoms with Crippen LogP contribution in [-0.4, -0.2) is 48.2 Å². The van der Waals surface area contributed by atoms with Gasteiger partial charge in [-0.25, -0.2) is 14.2 Å². The molecule has 2 heterocycles. The Kier molecular flexibility index (Phi) is 8.03. The van der Waals surface area contributed by atoms with E-state index in [0.29, 0.717) is 35.1 Å². The van der Waals surface area contributed by atoms with Gasteiger partial charge in [0, 0.05) is 24.2 Å². The van der Waals surface area contributed by atoms with Crippen LogP contribution in [0.25, 0.3) is 0 Å². The highest BCUT2D eigenvalue weighted by Crippen LogP contribution is 2.39. The van der Waals surface area contributed by atoms with E-state index in [0.717, 1.165) is 0 Å². The van der Waals surface area contributed by atoms with Crippen LogP contribution in [0.2, 0.25) is 0 Å². The Bertz CT molecular complexity index is 1390. The van der Waals surface area contributed by atoms with E-state index >= 15 is 0 Å². The molecular formula is C29H29FN4O4. The fourth-order valence-corrected chi connectivity index (χ4v) is 4.40. The molecule has 0 aromatic heterocycles. The zero-order valence-electron chi connectivity index (χ0n) is 21.5. The van der Waals surface area contributed by atoms with Gasteiger partial charge in [-0.3, -0.25) is 4.79 Å². The Morgan fingerprint density at radius 2 is 1.92 bits per heavy atom. The lowest BCUT2D eigenvalue weighted by molar-refractivity contribution is -0.150. The summed E-state index contributed by atoms with van der Waals surface area (Å²) < 4.78 is 25.7. The van der Waals surface area contributed by atoms with E-state index in [1.165, 1.54) is 11.0 Å². The Morgan fingerprint density at radius 3 is 2.53 bits per heavy atom. The third-order valence-electron chi connectivity index (χ3n) is 6.19. The summed E-state index contributed by atoms with van der Waals surface area (Å²) in [4.78, 5) is 32.3. The van der Waals surface area contributed by atoms with Crippen molar-refractivity contribution in [1.82, 2.24) is 4.90 Å². The Morgan fingerprint density at radius 1 is 1.21 bits per heavy atom. The van der Waals surface area contributed by atoms with Gasteiger partial charge >= 0.3 is 5.97 Å². The molecule has 0 bridgehead atoms. The number of carbonyl (C=O) groups is 2. The Hall–Kier alpha value is -4.29. The quantitative estimate of drug-likeness (QED) is 0.399. The number of allylic oxidation sites excluding steroid dienone is 2. The first kappa shape index (κ1) is 26.8. The fraction of sp³-hybridized carbons (Fsp3) is 0.310. The predicted molar refractivity (Wildman–Crippen MR) is 139 cm³/mol. The van der Waals surface area contributed by atoms with E-state index in [1.807, 2.05) is 13.8 Å². The molecular weight excluding hydrogens is 487 g/mol. The third kappa shape index (κ3) is 5.08. The predicted octanol–water partition coefficient (Wildman–Crippen LogP) is 3.67. The number of nitrogens with zero attached hydrogens (tertiary/aromatic N) is 3. The standard InChI is InChI=1S/C29H29FN4O4/c1-4-37-29(36)26-27(35)22(15-32)28-33-25(18-9-11-20(12-10-18)38-16-17(2)3)21(14-31)24(34(26)28)13-19-7-5-6-8-23(19)30/h5-12,17,26H,4,13,15-16,32H2,1-3H3. The summed E-state index contributed by atoms with van der Waals surface area (Å²) >= 11 is 0. The number of nitriles is 1. The highest BCUT2D eigenvalue weighted by atomic mass is 19.1. The highest BCUT2D eigenvalue weighted by molar-refractivity contribution is 6.20. The number of hydrogen-bond donors (Lipinski definition) is 1. The molecule has 8 nitrogen and oxygen atoms in total. The second kappa shape index (κ2) is 11.4. The molecule has 196 valence electrons. The van der Waals surface area contributed by atoms with Crippen LogP contribution in [0, 0.1) is 23.1 Å². The van der Waals surface area contributed by atoms with Crippen molar-refractivity contribution in [3.05, 3.63) is 88.1 Å². The molecule has 0 saturated carbocycles. The van der Waals surface area contributed by atoms with Gasteiger partial charge in [-0.2, -0.15) is 5.26 Å². The molecule has 2 aliphatic heterocycles. The number of ketones is 1. The number of hydrogen-bond acceptors (Lipinski definition) is 8. The number of fused-ring (bicyclic) bond motifs is 1. The summed E-state index contributed by atoms with van der Waals surface area (Å²) in [6, 6.07) is 14.0. The van der Waals surface area contributed by atoms with Crippen LogP contribution >= 0.6 is 0 Å². The number of ether oxygens (including phenoxy) is 2. The number of esters is 1. The second-order valence-corrected chi connectivity index (χ2v) is 9.29. The zero-order chi connectivity index (χ0) is 27.4. The normalized spacial score (nSPS) is 17.0. The van der Waals surface area contributed by atoms with Crippen molar-refractivity contribution >= 4 is 17.5 Å². The van der Waals surface area contributed by atoms with E-state index in [9.17, 15) is 19.2 Å². The lowest BCUT2D eigenvalue weighted by Gasteiger charge is -2.32. The molecule has 2 aliphatic rings. The number of carbonyl (C=O) groups excluding carboxylic acids is 2. The minimum absolute atomic E-state index is 0.0565. The van der Waals surface area contributed by atoms with Crippen LogP contribution in [0.1, 0.15) is 31.9 Å². The maximum atomic E-state index is 14.8. The first-order valence-corrected chi connectivity index (χ1v) is 12.4. The van der Waals surface area contributed by atoms with Gasteiger partial charge in [-0.1, -0.05) is 32.0 Å². The summed E-state index contributed by atoms with van der Waals surface area (Å²) in [5, 5.41) is 10.3. The summed E-state index contributed by atoms with van der Waals surface area (Å²) in [7, 11) is 0. The molecule has 2 aromatic carbocycles. The first-order chi connectivity index (χ1) is 18.3. The number of halogens is 1.